The zero-order valence-electron chi connectivity index (χ0n) is 17.7. The molecule has 3 aromatic rings. The zero-order chi connectivity index (χ0) is 21.6. The summed E-state index contributed by atoms with van der Waals surface area (Å²) < 4.78 is 5.64. The van der Waals surface area contributed by atoms with Crippen LogP contribution in [0.4, 0.5) is 0 Å². The first kappa shape index (κ1) is 21.9. The SMILES string of the molecule is Cc1cccc(OCCNC(=O)CCSCc2nc3sc4c(c3c(=O)[nH]2)CCCC4)c1. The summed E-state index contributed by atoms with van der Waals surface area (Å²) >= 11 is 3.27. The number of aromatic nitrogens is 2. The summed E-state index contributed by atoms with van der Waals surface area (Å²) in [4.78, 5) is 34.4. The molecule has 31 heavy (non-hydrogen) atoms. The van der Waals surface area contributed by atoms with E-state index in [9.17, 15) is 9.59 Å². The number of thiophene rings is 1. The Kier molecular flexibility index (Phi) is 7.29. The number of amides is 1. The largest absolute Gasteiger partial charge is 0.492 e. The average Bonchev–Trinajstić information content (AvgIpc) is 3.13. The Bertz CT molecular complexity index is 1120. The van der Waals surface area contributed by atoms with E-state index < -0.39 is 0 Å². The van der Waals surface area contributed by atoms with Crippen molar-refractivity contribution in [3.63, 3.8) is 0 Å². The Morgan fingerprint density at radius 3 is 3.06 bits per heavy atom. The van der Waals surface area contributed by atoms with Crippen LogP contribution in [-0.4, -0.2) is 34.8 Å². The van der Waals surface area contributed by atoms with Crippen molar-refractivity contribution in [2.24, 2.45) is 0 Å². The van der Waals surface area contributed by atoms with E-state index in [0.717, 1.165) is 40.8 Å². The van der Waals surface area contributed by atoms with Gasteiger partial charge in [0.2, 0.25) is 5.91 Å². The van der Waals surface area contributed by atoms with E-state index in [1.54, 1.807) is 23.1 Å². The molecule has 0 saturated carbocycles. The minimum atomic E-state index is -0.0219. The number of carbonyl (C=O) groups excluding carboxylic acids is 1. The molecule has 0 saturated heterocycles. The van der Waals surface area contributed by atoms with Crippen molar-refractivity contribution in [2.45, 2.75) is 44.8 Å². The summed E-state index contributed by atoms with van der Waals surface area (Å²) in [5.41, 5.74) is 2.33. The first-order valence-corrected chi connectivity index (χ1v) is 12.6. The van der Waals surface area contributed by atoms with Crippen molar-refractivity contribution in [1.82, 2.24) is 15.3 Å². The molecule has 0 aliphatic heterocycles. The van der Waals surface area contributed by atoms with Gasteiger partial charge in [-0.2, -0.15) is 11.8 Å². The third kappa shape index (κ3) is 5.68. The highest BCUT2D eigenvalue weighted by Crippen LogP contribution is 2.33. The van der Waals surface area contributed by atoms with E-state index in [1.807, 2.05) is 31.2 Å². The number of ether oxygens (including phenoxy) is 1. The van der Waals surface area contributed by atoms with E-state index in [0.29, 0.717) is 36.9 Å². The Morgan fingerprint density at radius 2 is 2.19 bits per heavy atom. The summed E-state index contributed by atoms with van der Waals surface area (Å²) in [5, 5.41) is 3.67. The lowest BCUT2D eigenvalue weighted by molar-refractivity contribution is -0.120. The van der Waals surface area contributed by atoms with Crippen LogP contribution in [0.2, 0.25) is 0 Å². The summed E-state index contributed by atoms with van der Waals surface area (Å²) in [6.07, 6.45) is 4.82. The number of carbonyl (C=O) groups is 1. The minimum absolute atomic E-state index is 0.00294. The predicted octanol–water partition coefficient (Wildman–Crippen LogP) is 3.99. The molecule has 0 atom stereocenters. The normalized spacial score (nSPS) is 13.2. The third-order valence-electron chi connectivity index (χ3n) is 5.27. The smallest absolute Gasteiger partial charge is 0.259 e. The molecule has 2 heterocycles. The molecular weight excluding hydrogens is 430 g/mol. The van der Waals surface area contributed by atoms with Crippen LogP contribution in [0.15, 0.2) is 29.1 Å². The van der Waals surface area contributed by atoms with Crippen LogP contribution in [0.25, 0.3) is 10.2 Å². The summed E-state index contributed by atoms with van der Waals surface area (Å²) in [7, 11) is 0. The molecule has 164 valence electrons. The van der Waals surface area contributed by atoms with Crippen molar-refractivity contribution < 1.29 is 9.53 Å². The maximum Gasteiger partial charge on any atom is 0.259 e. The quantitative estimate of drug-likeness (QED) is 0.475. The highest BCUT2D eigenvalue weighted by atomic mass is 32.2. The van der Waals surface area contributed by atoms with Crippen LogP contribution in [0.1, 0.15) is 41.1 Å². The van der Waals surface area contributed by atoms with Crippen molar-refractivity contribution in [3.8, 4) is 5.75 Å². The van der Waals surface area contributed by atoms with Gasteiger partial charge in [-0.15, -0.1) is 11.3 Å². The number of thioether (sulfide) groups is 1. The van der Waals surface area contributed by atoms with Gasteiger partial charge in [-0.05, 0) is 55.9 Å². The average molecular weight is 458 g/mol. The molecule has 2 aromatic heterocycles. The van der Waals surface area contributed by atoms with Crippen molar-refractivity contribution >= 4 is 39.2 Å². The van der Waals surface area contributed by atoms with Crippen LogP contribution in [-0.2, 0) is 23.4 Å². The van der Waals surface area contributed by atoms with Gasteiger partial charge in [0.15, 0.2) is 0 Å². The molecule has 0 radical (unpaired) electrons. The number of rotatable bonds is 9. The van der Waals surface area contributed by atoms with Crippen LogP contribution < -0.4 is 15.6 Å². The lowest BCUT2D eigenvalue weighted by Crippen LogP contribution is -2.28. The number of fused-ring (bicyclic) bond motifs is 3. The number of benzene rings is 1. The molecule has 1 aliphatic rings. The standard InChI is InChI=1S/C23H27N3O3S2/c1-15-5-4-6-16(13-15)29-11-10-24-20(27)9-12-30-14-19-25-22(28)21-17-7-2-3-8-18(17)31-23(21)26-19/h4-6,13H,2-3,7-12,14H2,1H3,(H,24,27)(H,25,26,28). The molecule has 0 fully saturated rings. The summed E-state index contributed by atoms with van der Waals surface area (Å²) in [6, 6.07) is 7.85. The highest BCUT2D eigenvalue weighted by molar-refractivity contribution is 7.98. The van der Waals surface area contributed by atoms with Crippen molar-refractivity contribution in [3.05, 3.63) is 56.4 Å². The Labute approximate surface area is 189 Å². The van der Waals surface area contributed by atoms with Crippen LogP contribution in [0.5, 0.6) is 5.75 Å². The summed E-state index contributed by atoms with van der Waals surface area (Å²) in [5.74, 6) is 2.77. The molecule has 2 N–H and O–H groups in total. The van der Waals surface area contributed by atoms with E-state index in [-0.39, 0.29) is 11.5 Å². The molecule has 1 aromatic carbocycles. The fourth-order valence-corrected chi connectivity index (χ4v) is 5.85. The second kappa shape index (κ2) is 10.3. The van der Waals surface area contributed by atoms with Crippen LogP contribution in [0, 0.1) is 6.92 Å². The van der Waals surface area contributed by atoms with E-state index >= 15 is 0 Å². The van der Waals surface area contributed by atoms with Gasteiger partial charge in [-0.1, -0.05) is 12.1 Å². The third-order valence-corrected chi connectivity index (χ3v) is 7.42. The Morgan fingerprint density at radius 1 is 1.32 bits per heavy atom. The maximum absolute atomic E-state index is 12.6. The second-order valence-corrected chi connectivity index (χ2v) is 9.91. The molecule has 0 spiro atoms. The van der Waals surface area contributed by atoms with Crippen molar-refractivity contribution in [2.75, 3.05) is 18.9 Å². The summed E-state index contributed by atoms with van der Waals surface area (Å²) in [6.45, 7) is 2.94. The first-order chi connectivity index (χ1) is 15.1. The van der Waals surface area contributed by atoms with Gasteiger partial charge in [-0.25, -0.2) is 4.98 Å². The molecule has 1 aliphatic carbocycles. The monoisotopic (exact) mass is 457 g/mol. The number of aromatic amines is 1. The van der Waals surface area contributed by atoms with E-state index in [2.05, 4.69) is 15.3 Å². The Balaban J connectivity index is 1.18. The maximum atomic E-state index is 12.6. The van der Waals surface area contributed by atoms with Crippen LogP contribution >= 0.6 is 23.1 Å². The lowest BCUT2D eigenvalue weighted by Gasteiger charge is -2.09. The predicted molar refractivity (Wildman–Crippen MR) is 127 cm³/mol. The number of H-pyrrole nitrogens is 1. The molecule has 1 amide bonds. The van der Waals surface area contributed by atoms with Gasteiger partial charge in [-0.3, -0.25) is 9.59 Å². The first-order valence-electron chi connectivity index (χ1n) is 10.7. The number of nitrogens with zero attached hydrogens (tertiary/aromatic N) is 1. The van der Waals surface area contributed by atoms with Crippen molar-refractivity contribution in [1.29, 1.82) is 0 Å². The number of nitrogens with one attached hydrogen (secondary N) is 2. The molecule has 4 rings (SSSR count). The van der Waals surface area contributed by atoms with Gasteiger partial charge >= 0.3 is 0 Å². The fraction of sp³-hybridized carbons (Fsp3) is 0.435. The minimum Gasteiger partial charge on any atom is -0.492 e. The number of hydrogen-bond acceptors (Lipinski definition) is 6. The lowest BCUT2D eigenvalue weighted by atomic mass is 9.97. The highest BCUT2D eigenvalue weighted by Gasteiger charge is 2.19. The molecular formula is C23H27N3O3S2. The number of hydrogen-bond donors (Lipinski definition) is 2. The van der Waals surface area contributed by atoms with Gasteiger partial charge in [0, 0.05) is 17.1 Å². The van der Waals surface area contributed by atoms with Crippen LogP contribution in [0.3, 0.4) is 0 Å². The topological polar surface area (TPSA) is 84.1 Å². The number of aryl methyl sites for hydroxylation is 3. The zero-order valence-corrected chi connectivity index (χ0v) is 19.3. The molecule has 0 bridgehead atoms. The van der Waals surface area contributed by atoms with E-state index in [1.165, 1.54) is 16.9 Å². The van der Waals surface area contributed by atoms with E-state index in [4.69, 9.17) is 4.74 Å². The van der Waals surface area contributed by atoms with Gasteiger partial charge in [0.1, 0.15) is 23.0 Å². The Hall–Kier alpha value is -2.32. The molecule has 6 nitrogen and oxygen atoms in total. The molecule has 8 heteroatoms. The van der Waals surface area contributed by atoms with Gasteiger partial charge in [0.05, 0.1) is 17.7 Å². The fourth-order valence-electron chi connectivity index (χ4n) is 3.76. The van der Waals surface area contributed by atoms with Gasteiger partial charge < -0.3 is 15.0 Å². The molecule has 0 unspecified atom stereocenters. The van der Waals surface area contributed by atoms with Gasteiger partial charge in [0.25, 0.3) is 5.56 Å². The second-order valence-electron chi connectivity index (χ2n) is 7.72.